The lowest BCUT2D eigenvalue weighted by molar-refractivity contribution is 0.337. The van der Waals surface area contributed by atoms with Crippen LogP contribution in [0.15, 0.2) is 59.5 Å². The summed E-state index contributed by atoms with van der Waals surface area (Å²) in [7, 11) is 1.60. The van der Waals surface area contributed by atoms with Crippen LogP contribution in [0.4, 0.5) is 0 Å². The molecule has 0 spiro atoms. The Balaban J connectivity index is 1.95. The zero-order chi connectivity index (χ0) is 12.8. The SMILES string of the molecule is COc1ccc(S(=O)OCc2ccccc2)cc1. The molecule has 4 heteroatoms. The fraction of sp³-hybridized carbons (Fsp3) is 0.143. The Labute approximate surface area is 109 Å². The summed E-state index contributed by atoms with van der Waals surface area (Å²) in [5.41, 5.74) is 0.999. The van der Waals surface area contributed by atoms with Crippen LogP contribution in [0.2, 0.25) is 0 Å². The molecule has 0 aliphatic rings. The van der Waals surface area contributed by atoms with Crippen molar-refractivity contribution in [3.05, 3.63) is 60.2 Å². The summed E-state index contributed by atoms with van der Waals surface area (Å²) in [6.45, 7) is 0.333. The highest BCUT2D eigenvalue weighted by atomic mass is 32.2. The largest absolute Gasteiger partial charge is 0.497 e. The van der Waals surface area contributed by atoms with E-state index in [1.54, 1.807) is 31.4 Å². The molecule has 2 aromatic carbocycles. The lowest BCUT2D eigenvalue weighted by atomic mass is 10.2. The standard InChI is InChI=1S/C14H14O3S/c1-16-13-7-9-14(10-8-13)18(15)17-11-12-5-3-2-4-6-12/h2-10H,11H2,1H3. The summed E-state index contributed by atoms with van der Waals surface area (Å²) in [5.74, 6) is 0.735. The normalized spacial score (nSPS) is 12.1. The van der Waals surface area contributed by atoms with Crippen LogP contribution in [0.5, 0.6) is 5.75 Å². The van der Waals surface area contributed by atoms with Gasteiger partial charge in [0.15, 0.2) is 11.1 Å². The van der Waals surface area contributed by atoms with E-state index in [9.17, 15) is 4.21 Å². The fourth-order valence-electron chi connectivity index (χ4n) is 1.45. The van der Waals surface area contributed by atoms with Crippen LogP contribution in [0.3, 0.4) is 0 Å². The Morgan fingerprint density at radius 3 is 2.28 bits per heavy atom. The van der Waals surface area contributed by atoms with Gasteiger partial charge in [0, 0.05) is 0 Å². The monoisotopic (exact) mass is 262 g/mol. The van der Waals surface area contributed by atoms with Gasteiger partial charge in [-0.3, -0.25) is 4.18 Å². The first-order valence-corrected chi connectivity index (χ1v) is 6.60. The molecule has 1 atom stereocenters. The number of hydrogen-bond acceptors (Lipinski definition) is 3. The third-order valence-corrected chi connectivity index (χ3v) is 3.42. The number of rotatable bonds is 5. The molecule has 1 unspecified atom stereocenters. The molecular formula is C14H14O3S. The summed E-state index contributed by atoms with van der Waals surface area (Å²) < 4.78 is 22.2. The van der Waals surface area contributed by atoms with Crippen molar-refractivity contribution in [2.75, 3.05) is 7.11 Å². The molecular weight excluding hydrogens is 248 g/mol. The van der Waals surface area contributed by atoms with Crippen LogP contribution in [0.25, 0.3) is 0 Å². The van der Waals surface area contributed by atoms with Crippen molar-refractivity contribution in [2.24, 2.45) is 0 Å². The first kappa shape index (κ1) is 12.8. The van der Waals surface area contributed by atoms with Gasteiger partial charge in [0.2, 0.25) is 0 Å². The van der Waals surface area contributed by atoms with E-state index in [1.165, 1.54) is 0 Å². The minimum absolute atomic E-state index is 0.333. The first-order valence-electron chi connectivity index (χ1n) is 5.52. The molecule has 0 N–H and O–H groups in total. The third kappa shape index (κ3) is 3.42. The molecule has 0 aliphatic carbocycles. The van der Waals surface area contributed by atoms with E-state index >= 15 is 0 Å². The van der Waals surface area contributed by atoms with Crippen molar-refractivity contribution in [3.8, 4) is 5.75 Å². The fourth-order valence-corrected chi connectivity index (χ4v) is 2.19. The highest BCUT2D eigenvalue weighted by Crippen LogP contribution is 2.15. The molecule has 2 rings (SSSR count). The van der Waals surface area contributed by atoms with Crippen molar-refractivity contribution in [3.63, 3.8) is 0 Å². The van der Waals surface area contributed by atoms with Crippen molar-refractivity contribution in [1.29, 1.82) is 0 Å². The lowest BCUT2D eigenvalue weighted by Crippen LogP contribution is -1.98. The van der Waals surface area contributed by atoms with E-state index < -0.39 is 11.1 Å². The van der Waals surface area contributed by atoms with E-state index in [0.29, 0.717) is 11.5 Å². The molecule has 0 saturated heterocycles. The van der Waals surface area contributed by atoms with E-state index in [2.05, 4.69) is 0 Å². The molecule has 94 valence electrons. The van der Waals surface area contributed by atoms with Crippen molar-refractivity contribution in [2.45, 2.75) is 11.5 Å². The summed E-state index contributed by atoms with van der Waals surface area (Å²) in [6.07, 6.45) is 0. The molecule has 0 fully saturated rings. The Bertz CT molecular complexity index is 508. The molecule has 0 aromatic heterocycles. The predicted octanol–water partition coefficient (Wildman–Crippen LogP) is 2.93. The average molecular weight is 262 g/mol. The van der Waals surface area contributed by atoms with E-state index in [-0.39, 0.29) is 0 Å². The third-order valence-electron chi connectivity index (χ3n) is 2.43. The van der Waals surface area contributed by atoms with Gasteiger partial charge in [0.05, 0.1) is 18.6 Å². The average Bonchev–Trinajstić information content (AvgIpc) is 2.46. The maximum absolute atomic E-state index is 11.9. The van der Waals surface area contributed by atoms with Gasteiger partial charge in [-0.25, -0.2) is 4.21 Å². The number of methoxy groups -OCH3 is 1. The predicted molar refractivity (Wildman–Crippen MR) is 70.6 cm³/mol. The van der Waals surface area contributed by atoms with Crippen LogP contribution in [0, 0.1) is 0 Å². The Morgan fingerprint density at radius 2 is 1.67 bits per heavy atom. The van der Waals surface area contributed by atoms with Gasteiger partial charge in [-0.05, 0) is 29.8 Å². The maximum atomic E-state index is 11.9. The van der Waals surface area contributed by atoms with Crippen molar-refractivity contribution in [1.82, 2.24) is 0 Å². The maximum Gasteiger partial charge on any atom is 0.189 e. The Hall–Kier alpha value is -1.65. The second-order valence-electron chi connectivity index (χ2n) is 3.66. The molecule has 0 saturated carbocycles. The molecule has 0 amide bonds. The Morgan fingerprint density at radius 1 is 1.00 bits per heavy atom. The van der Waals surface area contributed by atoms with Gasteiger partial charge in [-0.2, -0.15) is 0 Å². The van der Waals surface area contributed by atoms with Crippen LogP contribution in [-0.4, -0.2) is 11.3 Å². The summed E-state index contributed by atoms with van der Waals surface area (Å²) in [4.78, 5) is 0.631. The van der Waals surface area contributed by atoms with Crippen LogP contribution >= 0.6 is 0 Å². The van der Waals surface area contributed by atoms with Crippen LogP contribution in [-0.2, 0) is 21.9 Å². The summed E-state index contributed by atoms with van der Waals surface area (Å²) in [5, 5.41) is 0. The lowest BCUT2D eigenvalue weighted by Gasteiger charge is -2.04. The van der Waals surface area contributed by atoms with E-state index in [0.717, 1.165) is 11.3 Å². The van der Waals surface area contributed by atoms with Crippen molar-refractivity contribution >= 4 is 11.1 Å². The zero-order valence-corrected chi connectivity index (χ0v) is 10.9. The van der Waals surface area contributed by atoms with Gasteiger partial charge >= 0.3 is 0 Å². The molecule has 0 aliphatic heterocycles. The first-order chi connectivity index (χ1) is 8.79. The number of ether oxygens (including phenoxy) is 1. The zero-order valence-electron chi connectivity index (χ0n) is 10.0. The quantitative estimate of drug-likeness (QED) is 0.831. The van der Waals surface area contributed by atoms with Gasteiger partial charge in [0.25, 0.3) is 0 Å². The molecule has 0 heterocycles. The highest BCUT2D eigenvalue weighted by molar-refractivity contribution is 7.80. The van der Waals surface area contributed by atoms with Crippen molar-refractivity contribution < 1.29 is 13.1 Å². The van der Waals surface area contributed by atoms with Gasteiger partial charge in [-0.15, -0.1) is 0 Å². The van der Waals surface area contributed by atoms with E-state index in [1.807, 2.05) is 30.3 Å². The minimum atomic E-state index is -1.45. The van der Waals surface area contributed by atoms with Gasteiger partial charge < -0.3 is 4.74 Å². The molecule has 18 heavy (non-hydrogen) atoms. The minimum Gasteiger partial charge on any atom is -0.497 e. The summed E-state index contributed by atoms with van der Waals surface area (Å²) >= 11 is -1.45. The van der Waals surface area contributed by atoms with Gasteiger partial charge in [-0.1, -0.05) is 30.3 Å². The van der Waals surface area contributed by atoms with Crippen LogP contribution < -0.4 is 4.74 Å². The topological polar surface area (TPSA) is 35.5 Å². The van der Waals surface area contributed by atoms with E-state index in [4.69, 9.17) is 8.92 Å². The van der Waals surface area contributed by atoms with Gasteiger partial charge in [0.1, 0.15) is 5.75 Å². The molecule has 0 bridgehead atoms. The Kier molecular flexibility index (Phi) is 4.50. The molecule has 0 radical (unpaired) electrons. The number of hydrogen-bond donors (Lipinski definition) is 0. The smallest absolute Gasteiger partial charge is 0.189 e. The van der Waals surface area contributed by atoms with Crippen LogP contribution in [0.1, 0.15) is 5.56 Å². The highest BCUT2D eigenvalue weighted by Gasteiger charge is 2.05. The second kappa shape index (κ2) is 6.33. The molecule has 2 aromatic rings. The second-order valence-corrected chi connectivity index (χ2v) is 4.83. The number of benzene rings is 2. The summed E-state index contributed by atoms with van der Waals surface area (Å²) in [6, 6.07) is 16.7. The molecule has 3 nitrogen and oxygen atoms in total.